The third-order valence-corrected chi connectivity index (χ3v) is 10.6. The molecule has 0 saturated heterocycles. The molecule has 232 valence electrons. The first-order valence-corrected chi connectivity index (χ1v) is 16.9. The second-order valence-corrected chi connectivity index (χ2v) is 12.2. The van der Waals surface area contributed by atoms with Crippen LogP contribution in [0.3, 0.4) is 0 Å². The monoisotopic (exact) mass is 592 g/mol. The number of carboxylic acid groups (broad SMARTS) is 2. The number of carbonyl (C=O) groups is 2. The number of benzene rings is 4. The summed E-state index contributed by atoms with van der Waals surface area (Å²) in [6, 6.07) is 4.98. The van der Waals surface area contributed by atoms with Gasteiger partial charge in [-0.3, -0.25) is 0 Å². The Labute approximate surface area is 262 Å². The van der Waals surface area contributed by atoms with Crippen molar-refractivity contribution >= 4 is 33.5 Å². The maximum absolute atomic E-state index is 12.6. The number of aromatic carboxylic acids is 2. The van der Waals surface area contributed by atoms with Gasteiger partial charge in [0.2, 0.25) is 0 Å². The number of rotatable bonds is 10. The molecule has 0 unspecified atom stereocenters. The maximum atomic E-state index is 12.6. The molecule has 5 rings (SSSR count). The molecule has 0 fully saturated rings. The molecule has 0 atom stereocenters. The molecule has 0 heterocycles. The molecule has 4 heteroatoms. The van der Waals surface area contributed by atoms with Gasteiger partial charge in [0.15, 0.2) is 0 Å². The molecule has 4 nitrogen and oxygen atoms in total. The van der Waals surface area contributed by atoms with E-state index in [9.17, 15) is 19.8 Å². The smallest absolute Gasteiger partial charge is 0.336 e. The van der Waals surface area contributed by atoms with Gasteiger partial charge in [-0.25, -0.2) is 9.59 Å². The van der Waals surface area contributed by atoms with E-state index >= 15 is 0 Å². The zero-order chi connectivity index (χ0) is 32.0. The molecule has 0 radical (unpaired) electrons. The summed E-state index contributed by atoms with van der Waals surface area (Å²) in [5.74, 6) is -2.29. The van der Waals surface area contributed by atoms with Crippen molar-refractivity contribution < 1.29 is 19.8 Å². The van der Waals surface area contributed by atoms with Crippen molar-refractivity contribution in [1.29, 1.82) is 0 Å². The third kappa shape index (κ3) is 4.55. The third-order valence-electron chi connectivity index (χ3n) is 10.6. The lowest BCUT2D eigenvalue weighted by Crippen LogP contribution is -2.23. The van der Waals surface area contributed by atoms with Crippen LogP contribution in [0.25, 0.3) is 21.5 Å². The SMILES string of the molecule is CCc1c2c(c(CC)c(C(=O)O)c1C(=O)O)Cc1c(c(CC)c3cc4c(CC)c(CC)c(CC)c(CC)c4cc3c1CC)C2. The Morgan fingerprint density at radius 3 is 0.932 bits per heavy atom. The van der Waals surface area contributed by atoms with Gasteiger partial charge in [-0.15, -0.1) is 0 Å². The summed E-state index contributed by atoms with van der Waals surface area (Å²) in [5, 5.41) is 26.0. The predicted molar refractivity (Wildman–Crippen MR) is 182 cm³/mol. The van der Waals surface area contributed by atoms with Crippen LogP contribution in [0.1, 0.15) is 143 Å². The van der Waals surface area contributed by atoms with Gasteiger partial charge >= 0.3 is 11.9 Å². The van der Waals surface area contributed by atoms with Gasteiger partial charge in [0.05, 0.1) is 11.1 Å². The van der Waals surface area contributed by atoms with Crippen LogP contribution in [0.15, 0.2) is 12.1 Å². The van der Waals surface area contributed by atoms with Gasteiger partial charge in [0, 0.05) is 0 Å². The molecule has 0 amide bonds. The summed E-state index contributed by atoms with van der Waals surface area (Å²) in [4.78, 5) is 25.2. The summed E-state index contributed by atoms with van der Waals surface area (Å²) >= 11 is 0. The largest absolute Gasteiger partial charge is 0.478 e. The van der Waals surface area contributed by atoms with E-state index in [0.29, 0.717) is 36.8 Å². The Morgan fingerprint density at radius 1 is 0.432 bits per heavy atom. The Hall–Kier alpha value is -3.66. The molecule has 0 aromatic heterocycles. The van der Waals surface area contributed by atoms with E-state index in [1.54, 1.807) is 0 Å². The zero-order valence-electron chi connectivity index (χ0n) is 27.9. The molecule has 0 spiro atoms. The highest BCUT2D eigenvalue weighted by Crippen LogP contribution is 2.44. The Balaban J connectivity index is 1.95. The van der Waals surface area contributed by atoms with E-state index in [4.69, 9.17) is 0 Å². The Morgan fingerprint density at radius 2 is 0.682 bits per heavy atom. The topological polar surface area (TPSA) is 74.6 Å². The van der Waals surface area contributed by atoms with Crippen LogP contribution in [0, 0.1) is 0 Å². The lowest BCUT2D eigenvalue weighted by Gasteiger charge is -2.32. The van der Waals surface area contributed by atoms with Gasteiger partial charge in [-0.1, -0.05) is 55.4 Å². The minimum atomic E-state index is -1.14. The highest BCUT2D eigenvalue weighted by Gasteiger charge is 2.33. The van der Waals surface area contributed by atoms with E-state index < -0.39 is 11.9 Å². The highest BCUT2D eigenvalue weighted by molar-refractivity contribution is 6.07. The molecule has 0 bridgehead atoms. The van der Waals surface area contributed by atoms with Crippen LogP contribution in [-0.2, 0) is 64.2 Å². The molecule has 0 saturated carbocycles. The lowest BCUT2D eigenvalue weighted by molar-refractivity contribution is 0.0649. The molecule has 44 heavy (non-hydrogen) atoms. The first kappa shape index (κ1) is 31.8. The summed E-state index contributed by atoms with van der Waals surface area (Å²) < 4.78 is 0. The number of hydrogen-bond donors (Lipinski definition) is 2. The summed E-state index contributed by atoms with van der Waals surface area (Å²) in [7, 11) is 0. The van der Waals surface area contributed by atoms with E-state index in [1.807, 2.05) is 13.8 Å². The highest BCUT2D eigenvalue weighted by atomic mass is 16.4. The second-order valence-electron chi connectivity index (χ2n) is 12.2. The van der Waals surface area contributed by atoms with Crippen molar-refractivity contribution in [3.63, 3.8) is 0 Å². The van der Waals surface area contributed by atoms with Gasteiger partial charge in [0.1, 0.15) is 0 Å². The van der Waals surface area contributed by atoms with Crippen molar-refractivity contribution in [2.24, 2.45) is 0 Å². The minimum Gasteiger partial charge on any atom is -0.478 e. The lowest BCUT2D eigenvalue weighted by atomic mass is 9.72. The van der Waals surface area contributed by atoms with E-state index in [1.165, 1.54) is 66.1 Å². The summed E-state index contributed by atoms with van der Waals surface area (Å²) in [6.45, 7) is 17.5. The zero-order valence-corrected chi connectivity index (χ0v) is 27.9. The van der Waals surface area contributed by atoms with Crippen LogP contribution in [0.5, 0.6) is 0 Å². The number of carboxylic acids is 2. The number of hydrogen-bond acceptors (Lipinski definition) is 2. The Bertz CT molecular complexity index is 1710. The van der Waals surface area contributed by atoms with Gasteiger partial charge < -0.3 is 10.2 Å². The average Bonchev–Trinajstić information content (AvgIpc) is 3.02. The first-order valence-electron chi connectivity index (χ1n) is 16.9. The first-order chi connectivity index (χ1) is 21.2. The van der Waals surface area contributed by atoms with Gasteiger partial charge in [-0.2, -0.15) is 0 Å². The number of fused-ring (bicyclic) bond motifs is 4. The van der Waals surface area contributed by atoms with Crippen molar-refractivity contribution in [2.75, 3.05) is 0 Å². The molecule has 1 aliphatic rings. The van der Waals surface area contributed by atoms with Crippen molar-refractivity contribution in [1.82, 2.24) is 0 Å². The van der Waals surface area contributed by atoms with Gasteiger partial charge in [0.25, 0.3) is 0 Å². The van der Waals surface area contributed by atoms with Crippen LogP contribution < -0.4 is 0 Å². The summed E-state index contributed by atoms with van der Waals surface area (Å²) in [5.41, 5.74) is 14.8. The van der Waals surface area contributed by atoms with Crippen molar-refractivity contribution in [3.05, 3.63) is 90.0 Å². The van der Waals surface area contributed by atoms with Crippen LogP contribution in [0.4, 0.5) is 0 Å². The maximum Gasteiger partial charge on any atom is 0.336 e. The normalized spacial score (nSPS) is 12.5. The van der Waals surface area contributed by atoms with E-state index in [-0.39, 0.29) is 11.1 Å². The fraction of sp³-hybridized carbons (Fsp3) is 0.450. The molecular formula is C40H48O4. The predicted octanol–water partition coefficient (Wildman–Crippen LogP) is 9.38. The van der Waals surface area contributed by atoms with Crippen molar-refractivity contribution in [2.45, 2.75) is 120 Å². The second kappa shape index (κ2) is 12.4. The number of aryl methyl sites for hydroxylation is 4. The molecule has 4 aromatic carbocycles. The van der Waals surface area contributed by atoms with Crippen LogP contribution in [0.2, 0.25) is 0 Å². The quantitative estimate of drug-likeness (QED) is 0.158. The standard InChI is InChI=1S/C40H48O4/c1-9-21-22(10-2)24(12-4)30-18-32-26(14-6)34-20-36-28(16-8)38(40(43)44)37(39(41)42)27(15-7)35(36)19-33(34)25(13-5)31(32)17-29(30)23(21)11-3/h17-18H,9-16,19-20H2,1-8H3,(H,41,42)(H,43,44). The van der Waals surface area contributed by atoms with E-state index in [2.05, 4.69) is 53.7 Å². The average molecular weight is 593 g/mol. The fourth-order valence-electron chi connectivity index (χ4n) is 8.87. The molecule has 0 aliphatic heterocycles. The van der Waals surface area contributed by atoms with Gasteiger partial charge in [-0.05, 0) is 165 Å². The van der Waals surface area contributed by atoms with Crippen LogP contribution in [-0.4, -0.2) is 22.2 Å². The minimum absolute atomic E-state index is 0.0156. The van der Waals surface area contributed by atoms with Crippen LogP contribution >= 0.6 is 0 Å². The Kier molecular flexibility index (Phi) is 8.94. The molecule has 2 N–H and O–H groups in total. The molecular weight excluding hydrogens is 544 g/mol. The van der Waals surface area contributed by atoms with E-state index in [0.717, 1.165) is 49.7 Å². The summed E-state index contributed by atoms with van der Waals surface area (Å²) in [6.07, 6.45) is 8.16. The van der Waals surface area contributed by atoms with Crippen molar-refractivity contribution in [3.8, 4) is 0 Å². The molecule has 4 aromatic rings. The fourth-order valence-corrected chi connectivity index (χ4v) is 8.87. The molecule has 1 aliphatic carbocycles.